The molecule has 0 unspecified atom stereocenters. The van der Waals surface area contributed by atoms with Crippen LogP contribution in [0.1, 0.15) is 14.3 Å². The number of carbonyl (C=O) groups is 1. The zero-order valence-electron chi connectivity index (χ0n) is 10.9. The van der Waals surface area contributed by atoms with E-state index in [9.17, 15) is 4.79 Å². The Hall–Kier alpha value is -1.03. The largest absolute Gasteiger partial charge is 1.00 e. The van der Waals surface area contributed by atoms with Gasteiger partial charge < -0.3 is 35.2 Å². The van der Waals surface area contributed by atoms with Crippen LogP contribution in [0.2, 0.25) is 0 Å². The predicted octanol–water partition coefficient (Wildman–Crippen LogP) is -5.59. The molecule has 0 aliphatic rings. The van der Waals surface area contributed by atoms with Crippen molar-refractivity contribution in [3.63, 3.8) is 0 Å². The zero-order chi connectivity index (χ0) is 13.1. The van der Waals surface area contributed by atoms with E-state index >= 15 is 0 Å². The minimum absolute atomic E-state index is 0. The van der Waals surface area contributed by atoms with Crippen LogP contribution >= 0.6 is 0 Å². The molecular weight excluding hydrogens is 237 g/mol. The molecule has 0 aliphatic carbocycles. The molecule has 0 aromatic rings. The Balaban J connectivity index is -0.000000143. The number of carboxylic acid groups (broad SMARTS) is 1. The SMILES string of the molecule is N=C(N)N.NC(N)=NCCC[C@H](N)C(=O)O.[H-].[Na+]. The van der Waals surface area contributed by atoms with Crippen LogP contribution in [0.15, 0.2) is 4.99 Å². The molecule has 10 heteroatoms. The fourth-order valence-electron chi connectivity index (χ4n) is 0.643. The molecule has 9 nitrogen and oxygen atoms in total. The third-order valence-electron chi connectivity index (χ3n) is 1.28. The summed E-state index contributed by atoms with van der Waals surface area (Å²) in [5.41, 5.74) is 24.3. The summed E-state index contributed by atoms with van der Waals surface area (Å²) in [6.07, 6.45) is 0.956. The molecular formula is C7H20N7NaO2. The molecule has 0 saturated heterocycles. The molecule has 0 heterocycles. The van der Waals surface area contributed by atoms with Gasteiger partial charge in [-0.05, 0) is 12.8 Å². The topological polar surface area (TPSA) is 204 Å². The molecule has 0 amide bonds. The Labute approximate surface area is 123 Å². The van der Waals surface area contributed by atoms with Crippen LogP contribution < -0.4 is 58.2 Å². The average molecular weight is 257 g/mol. The van der Waals surface area contributed by atoms with E-state index in [1.807, 2.05) is 0 Å². The number of nitrogens with one attached hydrogen (secondary N) is 1. The maximum absolute atomic E-state index is 10.2. The quantitative estimate of drug-likeness (QED) is 0.110. The fraction of sp³-hybridized carbons (Fsp3) is 0.571. The summed E-state index contributed by atoms with van der Waals surface area (Å²) >= 11 is 0. The molecule has 0 rings (SSSR count). The summed E-state index contributed by atoms with van der Waals surface area (Å²) in [4.78, 5) is 13.9. The van der Waals surface area contributed by atoms with Crippen molar-refractivity contribution in [3.8, 4) is 0 Å². The van der Waals surface area contributed by atoms with Crippen LogP contribution in [0.4, 0.5) is 0 Å². The van der Waals surface area contributed by atoms with Crippen molar-refractivity contribution >= 4 is 17.9 Å². The Bertz CT molecular complexity index is 256. The van der Waals surface area contributed by atoms with Gasteiger partial charge >= 0.3 is 35.5 Å². The summed E-state index contributed by atoms with van der Waals surface area (Å²) in [6.45, 7) is 0.420. The Morgan fingerprint density at radius 3 is 2.06 bits per heavy atom. The van der Waals surface area contributed by atoms with E-state index in [1.165, 1.54) is 0 Å². The fourth-order valence-corrected chi connectivity index (χ4v) is 0.643. The Kier molecular flexibility index (Phi) is 16.3. The molecule has 17 heavy (non-hydrogen) atoms. The second-order valence-electron chi connectivity index (χ2n) is 2.85. The molecule has 96 valence electrons. The van der Waals surface area contributed by atoms with Gasteiger partial charge in [-0.25, -0.2) is 0 Å². The number of nitrogens with two attached hydrogens (primary N) is 5. The van der Waals surface area contributed by atoms with Gasteiger partial charge in [0.15, 0.2) is 11.9 Å². The molecule has 0 fully saturated rings. The van der Waals surface area contributed by atoms with Crippen LogP contribution in [0.25, 0.3) is 0 Å². The molecule has 0 radical (unpaired) electrons. The van der Waals surface area contributed by atoms with Gasteiger partial charge in [0.05, 0.1) is 0 Å². The summed E-state index contributed by atoms with van der Waals surface area (Å²) in [6, 6.07) is -0.820. The number of hydrogen-bond acceptors (Lipinski definition) is 4. The summed E-state index contributed by atoms with van der Waals surface area (Å²) in [7, 11) is 0. The van der Waals surface area contributed by atoms with E-state index in [0.29, 0.717) is 19.4 Å². The minimum Gasteiger partial charge on any atom is -1.00 e. The summed E-state index contributed by atoms with van der Waals surface area (Å²) < 4.78 is 0. The van der Waals surface area contributed by atoms with E-state index in [1.54, 1.807) is 0 Å². The number of nitrogens with zero attached hydrogens (tertiary/aromatic N) is 1. The first-order chi connectivity index (χ1) is 7.27. The van der Waals surface area contributed by atoms with Gasteiger partial charge in [0.2, 0.25) is 0 Å². The third kappa shape index (κ3) is 25.3. The first-order valence-corrected chi connectivity index (χ1v) is 4.40. The first-order valence-electron chi connectivity index (χ1n) is 4.40. The monoisotopic (exact) mass is 257 g/mol. The van der Waals surface area contributed by atoms with Crippen molar-refractivity contribution < 1.29 is 40.9 Å². The van der Waals surface area contributed by atoms with Crippen LogP contribution in [-0.2, 0) is 4.79 Å². The summed E-state index contributed by atoms with van der Waals surface area (Å²) in [5, 5.41) is 14.4. The van der Waals surface area contributed by atoms with Crippen LogP contribution in [0, 0.1) is 5.41 Å². The Morgan fingerprint density at radius 2 is 1.76 bits per heavy atom. The van der Waals surface area contributed by atoms with Crippen LogP contribution in [0.5, 0.6) is 0 Å². The summed E-state index contributed by atoms with van der Waals surface area (Å²) in [5.74, 6) is -1.32. The maximum atomic E-state index is 10.2. The van der Waals surface area contributed by atoms with Crippen molar-refractivity contribution in [2.75, 3.05) is 6.54 Å². The Morgan fingerprint density at radius 1 is 1.35 bits per heavy atom. The number of hydrogen-bond donors (Lipinski definition) is 7. The maximum Gasteiger partial charge on any atom is 1.00 e. The van der Waals surface area contributed by atoms with Gasteiger partial charge in [-0.3, -0.25) is 15.2 Å². The normalized spacial score (nSPS) is 9.94. The average Bonchev–Trinajstić information content (AvgIpc) is 2.10. The van der Waals surface area contributed by atoms with Crippen LogP contribution in [-0.4, -0.2) is 35.6 Å². The van der Waals surface area contributed by atoms with Gasteiger partial charge in [-0.1, -0.05) is 0 Å². The third-order valence-corrected chi connectivity index (χ3v) is 1.28. The standard InChI is InChI=1S/C6H14N4O2.CH5N3.Na.H/c7-4(5(11)12)2-1-3-10-6(8)9;2-1(3)4;;/h4H,1-3,7H2,(H,11,12)(H4,8,9,10);(H5,2,3,4);;/q;;+1;-1/t4-;;;/m0.../s1. The number of guanidine groups is 2. The van der Waals surface area contributed by atoms with E-state index in [2.05, 4.69) is 16.5 Å². The zero-order valence-corrected chi connectivity index (χ0v) is 11.9. The predicted molar refractivity (Wildman–Crippen MR) is 62.7 cm³/mol. The molecule has 0 aromatic carbocycles. The second kappa shape index (κ2) is 13.0. The van der Waals surface area contributed by atoms with Gasteiger partial charge in [-0.2, -0.15) is 0 Å². The van der Waals surface area contributed by atoms with Crippen molar-refractivity contribution in [3.05, 3.63) is 0 Å². The van der Waals surface area contributed by atoms with E-state index < -0.39 is 12.0 Å². The second-order valence-corrected chi connectivity index (χ2v) is 2.85. The van der Waals surface area contributed by atoms with E-state index in [-0.39, 0.29) is 42.9 Å². The minimum atomic E-state index is -1.00. The molecule has 0 saturated carbocycles. The van der Waals surface area contributed by atoms with Crippen molar-refractivity contribution in [2.45, 2.75) is 18.9 Å². The van der Waals surface area contributed by atoms with E-state index in [0.717, 1.165) is 0 Å². The molecule has 0 aromatic heterocycles. The van der Waals surface area contributed by atoms with Crippen molar-refractivity contribution in [1.82, 2.24) is 0 Å². The molecule has 0 spiro atoms. The number of aliphatic imine (C=N–C) groups is 1. The number of rotatable bonds is 5. The van der Waals surface area contributed by atoms with Crippen LogP contribution in [0.3, 0.4) is 0 Å². The first kappa shape index (κ1) is 21.3. The number of aliphatic carboxylic acids is 1. The molecule has 1 atom stereocenters. The van der Waals surface area contributed by atoms with E-state index in [4.69, 9.17) is 27.7 Å². The smallest absolute Gasteiger partial charge is 1.00 e. The molecule has 0 aliphatic heterocycles. The van der Waals surface area contributed by atoms with Crippen molar-refractivity contribution in [2.24, 2.45) is 33.7 Å². The number of carboxylic acids is 1. The van der Waals surface area contributed by atoms with Gasteiger partial charge in [0, 0.05) is 6.54 Å². The van der Waals surface area contributed by atoms with Gasteiger partial charge in [0.25, 0.3) is 0 Å². The van der Waals surface area contributed by atoms with Gasteiger partial charge in [-0.15, -0.1) is 0 Å². The van der Waals surface area contributed by atoms with Crippen molar-refractivity contribution in [1.29, 1.82) is 5.41 Å². The van der Waals surface area contributed by atoms with Gasteiger partial charge in [0.1, 0.15) is 6.04 Å². The molecule has 12 N–H and O–H groups in total. The molecule has 0 bridgehead atoms.